The zero-order valence-corrected chi connectivity index (χ0v) is 17.0. The zero-order valence-electron chi connectivity index (χ0n) is 17.0. The quantitative estimate of drug-likeness (QED) is 0.728. The number of hydrogen-bond donors (Lipinski definition) is 0. The average molecular weight is 384 g/mol. The van der Waals surface area contributed by atoms with Crippen molar-refractivity contribution in [3.05, 3.63) is 75.4 Å². The van der Waals surface area contributed by atoms with Gasteiger partial charge in [0, 0.05) is 0 Å². The van der Waals surface area contributed by atoms with Gasteiger partial charge in [-0.1, -0.05) is 57.2 Å². The lowest BCUT2D eigenvalue weighted by molar-refractivity contribution is 0.393. The van der Waals surface area contributed by atoms with E-state index in [1.54, 1.807) is 24.6 Å². The largest absolute Gasteiger partial charge is 0.388 e. The van der Waals surface area contributed by atoms with Gasteiger partial charge in [-0.15, -0.1) is 10.5 Å². The number of fused-ring (bicyclic) bond motifs is 1. The summed E-state index contributed by atoms with van der Waals surface area (Å²) in [5.41, 5.74) is 3.79. The Balaban J connectivity index is 1.91. The molecule has 0 amide bonds. The molecule has 0 N–H and O–H groups in total. The topological polar surface area (TPSA) is 66.0 Å². The standard InChI is InChI=1S/C25H24N2O2/c1-25(2,3)15-19-6-4-18(5-7-19)12-21-9-8-20-10-11-23(28-16-26)13-22(20)14-24(21)29-17-27/h4-8,10-11,13-14H,9,12,15H2,1-3H3. The van der Waals surface area contributed by atoms with Gasteiger partial charge in [0.05, 0.1) is 0 Å². The highest BCUT2D eigenvalue weighted by atomic mass is 16.5. The van der Waals surface area contributed by atoms with Crippen LogP contribution in [-0.2, 0) is 17.6 Å². The van der Waals surface area contributed by atoms with Crippen LogP contribution in [0.3, 0.4) is 0 Å². The Morgan fingerprint density at radius 1 is 0.897 bits per heavy atom. The lowest BCUT2D eigenvalue weighted by Crippen LogP contribution is -2.23. The van der Waals surface area contributed by atoms with E-state index in [4.69, 9.17) is 20.0 Å². The van der Waals surface area contributed by atoms with Crippen LogP contribution in [0.15, 0.2) is 53.8 Å². The lowest BCUT2D eigenvalue weighted by atomic mass is 9.87. The predicted molar refractivity (Wildman–Crippen MR) is 113 cm³/mol. The molecule has 29 heavy (non-hydrogen) atoms. The molecule has 1 aliphatic carbocycles. The molecule has 0 bridgehead atoms. The molecule has 0 spiro atoms. The van der Waals surface area contributed by atoms with E-state index in [0.29, 0.717) is 24.4 Å². The third-order valence-corrected chi connectivity index (χ3v) is 4.76. The van der Waals surface area contributed by atoms with Gasteiger partial charge in [0.25, 0.3) is 12.5 Å². The SMILES string of the molecule is CC(C)(C)Cc1ccc(CC2=C(OC#N)C=c3cc(OC#N)ccc3=CC2)cc1. The molecule has 4 heteroatoms. The van der Waals surface area contributed by atoms with Crippen molar-refractivity contribution in [1.82, 2.24) is 0 Å². The summed E-state index contributed by atoms with van der Waals surface area (Å²) in [6, 6.07) is 14.1. The van der Waals surface area contributed by atoms with E-state index in [2.05, 4.69) is 51.1 Å². The van der Waals surface area contributed by atoms with Gasteiger partial charge in [-0.3, -0.25) is 0 Å². The van der Waals surface area contributed by atoms with E-state index < -0.39 is 0 Å². The Morgan fingerprint density at radius 2 is 1.59 bits per heavy atom. The summed E-state index contributed by atoms with van der Waals surface area (Å²) in [7, 11) is 0. The second kappa shape index (κ2) is 8.67. The summed E-state index contributed by atoms with van der Waals surface area (Å²) >= 11 is 0. The van der Waals surface area contributed by atoms with E-state index >= 15 is 0 Å². The fourth-order valence-electron chi connectivity index (χ4n) is 3.50. The number of rotatable bonds is 5. The maximum atomic E-state index is 9.12. The van der Waals surface area contributed by atoms with Crippen molar-refractivity contribution in [2.24, 2.45) is 5.41 Å². The summed E-state index contributed by atoms with van der Waals surface area (Å²) in [4.78, 5) is 0. The molecule has 0 aliphatic heterocycles. The zero-order chi connectivity index (χ0) is 20.9. The minimum absolute atomic E-state index is 0.253. The summed E-state index contributed by atoms with van der Waals surface area (Å²) in [6.07, 6.45) is 9.85. The molecule has 0 aromatic heterocycles. The lowest BCUT2D eigenvalue weighted by Gasteiger charge is -2.18. The number of nitriles is 2. The van der Waals surface area contributed by atoms with Crippen molar-refractivity contribution in [2.45, 2.75) is 40.0 Å². The molecule has 3 rings (SSSR count). The molecule has 0 fully saturated rings. The molecule has 0 radical (unpaired) electrons. The maximum Gasteiger partial charge on any atom is 0.292 e. The maximum absolute atomic E-state index is 9.12. The van der Waals surface area contributed by atoms with Crippen LogP contribution in [0.25, 0.3) is 12.2 Å². The smallest absolute Gasteiger partial charge is 0.292 e. The second-order valence-corrected chi connectivity index (χ2v) is 8.43. The first kappa shape index (κ1) is 20.2. The van der Waals surface area contributed by atoms with E-state index in [-0.39, 0.29) is 5.41 Å². The van der Waals surface area contributed by atoms with Gasteiger partial charge in [-0.25, -0.2) is 0 Å². The minimum Gasteiger partial charge on any atom is -0.388 e. The van der Waals surface area contributed by atoms with Gasteiger partial charge in [0.1, 0.15) is 11.5 Å². The molecular weight excluding hydrogens is 360 g/mol. The third-order valence-electron chi connectivity index (χ3n) is 4.76. The highest BCUT2D eigenvalue weighted by molar-refractivity contribution is 5.54. The van der Waals surface area contributed by atoms with E-state index in [9.17, 15) is 0 Å². The molecule has 0 unspecified atom stereocenters. The first-order valence-corrected chi connectivity index (χ1v) is 9.62. The van der Waals surface area contributed by atoms with Gasteiger partial charge in [0.2, 0.25) is 0 Å². The normalized spacial score (nSPS) is 13.1. The van der Waals surface area contributed by atoms with Crippen molar-refractivity contribution in [3.63, 3.8) is 0 Å². The van der Waals surface area contributed by atoms with Crippen LogP contribution in [-0.4, -0.2) is 0 Å². The Hall–Kier alpha value is -3.50. The third kappa shape index (κ3) is 5.50. The van der Waals surface area contributed by atoms with Crippen molar-refractivity contribution in [1.29, 1.82) is 10.5 Å². The molecule has 0 saturated heterocycles. The minimum atomic E-state index is 0.253. The molecular formula is C25H24N2O2. The molecule has 146 valence electrons. The summed E-state index contributed by atoms with van der Waals surface area (Å²) in [5, 5.41) is 19.7. The van der Waals surface area contributed by atoms with Crippen LogP contribution in [0.4, 0.5) is 0 Å². The van der Waals surface area contributed by atoms with E-state index in [1.807, 2.05) is 12.1 Å². The predicted octanol–water partition coefficient (Wildman–Crippen LogP) is 4.09. The Kier molecular flexibility index (Phi) is 6.05. The molecule has 2 aromatic carbocycles. The van der Waals surface area contributed by atoms with Crippen LogP contribution >= 0.6 is 0 Å². The van der Waals surface area contributed by atoms with Gasteiger partial charge >= 0.3 is 0 Å². The summed E-state index contributed by atoms with van der Waals surface area (Å²) < 4.78 is 10.2. The monoisotopic (exact) mass is 384 g/mol. The molecule has 4 nitrogen and oxygen atoms in total. The molecule has 2 aromatic rings. The van der Waals surface area contributed by atoms with Crippen LogP contribution < -0.4 is 15.2 Å². The summed E-state index contributed by atoms with van der Waals surface area (Å²) in [6.45, 7) is 6.71. The van der Waals surface area contributed by atoms with Crippen LogP contribution in [0.1, 0.15) is 38.3 Å². The molecule has 0 heterocycles. The number of nitrogens with zero attached hydrogens (tertiary/aromatic N) is 2. The number of benzene rings is 2. The first-order valence-electron chi connectivity index (χ1n) is 9.62. The van der Waals surface area contributed by atoms with Crippen molar-refractivity contribution in [2.75, 3.05) is 0 Å². The summed E-state index contributed by atoms with van der Waals surface area (Å²) in [5.74, 6) is 1.01. The second-order valence-electron chi connectivity index (χ2n) is 8.43. The van der Waals surface area contributed by atoms with Crippen molar-refractivity contribution < 1.29 is 9.47 Å². The van der Waals surface area contributed by atoms with Crippen LogP contribution in [0.5, 0.6) is 5.75 Å². The van der Waals surface area contributed by atoms with Gasteiger partial charge in [-0.05, 0) is 70.0 Å². The van der Waals surface area contributed by atoms with Gasteiger partial charge < -0.3 is 9.47 Å². The molecule has 0 atom stereocenters. The van der Waals surface area contributed by atoms with Gasteiger partial charge in [0.15, 0.2) is 0 Å². The Morgan fingerprint density at radius 3 is 2.24 bits per heavy atom. The molecule has 1 aliphatic rings. The Bertz CT molecular complexity index is 1120. The fraction of sp³-hybridized carbons (Fsp3) is 0.280. The average Bonchev–Trinajstić information content (AvgIpc) is 2.82. The highest BCUT2D eigenvalue weighted by Gasteiger charge is 2.13. The number of ether oxygens (including phenoxy) is 2. The Labute approximate surface area is 171 Å². The number of hydrogen-bond acceptors (Lipinski definition) is 4. The fourth-order valence-corrected chi connectivity index (χ4v) is 3.50. The van der Waals surface area contributed by atoms with Crippen molar-refractivity contribution >= 4 is 12.2 Å². The number of allylic oxidation sites excluding steroid dienone is 2. The van der Waals surface area contributed by atoms with Crippen molar-refractivity contribution in [3.8, 4) is 18.3 Å². The van der Waals surface area contributed by atoms with Crippen LogP contribution in [0.2, 0.25) is 0 Å². The van der Waals surface area contributed by atoms with Crippen LogP contribution in [0, 0.1) is 28.4 Å². The highest BCUT2D eigenvalue weighted by Crippen LogP contribution is 2.23. The van der Waals surface area contributed by atoms with E-state index in [1.165, 1.54) is 11.1 Å². The van der Waals surface area contributed by atoms with E-state index in [0.717, 1.165) is 22.4 Å². The van der Waals surface area contributed by atoms with Gasteiger partial charge in [-0.2, -0.15) is 0 Å². The molecule has 0 saturated carbocycles. The first-order chi connectivity index (χ1) is 13.9.